The third-order valence-corrected chi connectivity index (χ3v) is 6.28. The molecule has 0 saturated heterocycles. The number of hydrogen-bond acceptors (Lipinski definition) is 4. The van der Waals surface area contributed by atoms with Crippen LogP contribution in [0.2, 0.25) is 0 Å². The van der Waals surface area contributed by atoms with Crippen molar-refractivity contribution in [1.29, 1.82) is 0 Å². The summed E-state index contributed by atoms with van der Waals surface area (Å²) in [6.45, 7) is 13.0. The van der Waals surface area contributed by atoms with Crippen LogP contribution < -0.4 is 34.9 Å². The van der Waals surface area contributed by atoms with E-state index in [9.17, 15) is 0 Å². The second-order valence-corrected chi connectivity index (χ2v) is 9.51. The average molecular weight is 892 g/mol. The predicted octanol–water partition coefficient (Wildman–Crippen LogP) is -2.95. The summed E-state index contributed by atoms with van der Waals surface area (Å²) in [6, 6.07) is 11.0. The summed E-state index contributed by atoms with van der Waals surface area (Å²) >= 11 is 0. The molecule has 0 unspecified atom stereocenters. The Kier molecular flexibility index (Phi) is 25.0. The zero-order valence-electron chi connectivity index (χ0n) is 25.3. The van der Waals surface area contributed by atoms with E-state index >= 15 is 0 Å². The molecule has 0 amide bonds. The van der Waals surface area contributed by atoms with Crippen LogP contribution in [0.3, 0.4) is 0 Å². The molecule has 0 saturated carbocycles. The Hall–Kier alpha value is 1.35. The van der Waals surface area contributed by atoms with Gasteiger partial charge in [-0.25, -0.2) is 20.1 Å². The van der Waals surface area contributed by atoms with Gasteiger partial charge in [0, 0.05) is 157 Å². The molecule has 2 aromatic heterocycles. The Morgan fingerprint density at radius 3 is 1.58 bits per heavy atom. The van der Waals surface area contributed by atoms with Gasteiger partial charge in [-0.1, -0.05) is 31.4 Å². The molecule has 0 bridgehead atoms. The van der Waals surface area contributed by atoms with Gasteiger partial charge in [-0.15, -0.1) is 5.56 Å². The Morgan fingerprint density at radius 1 is 0.721 bits per heavy atom. The predicted molar refractivity (Wildman–Crippen MR) is 172 cm³/mol. The van der Waals surface area contributed by atoms with Crippen molar-refractivity contribution in [3.8, 4) is 11.4 Å². The van der Waals surface area contributed by atoms with Crippen molar-refractivity contribution in [2.75, 3.05) is 0 Å². The third kappa shape index (κ3) is 12.7. The van der Waals surface area contributed by atoms with Gasteiger partial charge in [-0.3, -0.25) is 4.68 Å². The van der Waals surface area contributed by atoms with Gasteiger partial charge in [0.05, 0.1) is 12.2 Å². The number of benzene rings is 2. The molecule has 43 heavy (non-hydrogen) atoms. The summed E-state index contributed by atoms with van der Waals surface area (Å²) in [5, 5.41) is 8.77. The van der Waals surface area contributed by atoms with Gasteiger partial charge in [0.2, 0.25) is 0 Å². The van der Waals surface area contributed by atoms with Gasteiger partial charge in [-0.05, 0) is 58.9 Å². The standard InChI is InChI=1S/C12H14B4N3.C11H11B5N3.CH4.HI.3Y/c1-7-6-12(19-10(4)17-9(3)18-19)8(2)5-11(7)16(14)15-13;1-7-6-10(15(12)16(13)14)4-5-11(7)19-9(3)17-8(2)18-19;;;;;/h5-6H,1-4H3;5-6H,1-3H3;1H4;1H;;;/q;-1;;;;;/p-1. The SMILES string of the molecule is C.[B]B([B])B([B])c1[c-]cc(-n2nc(C)nc2C)c(C)c1.[B][B]B([B])c1cc(C)c(-n2nc(C)nc2C)cc1C.[I-].[Y].[Y].[Y]. The molecule has 0 aliphatic carbocycles. The van der Waals surface area contributed by atoms with Crippen LogP contribution in [0.15, 0.2) is 24.3 Å². The number of nitrogens with zero attached hydrogens (tertiary/aromatic N) is 6. The van der Waals surface area contributed by atoms with E-state index in [4.69, 9.17) is 38.7 Å². The Balaban J connectivity index is -0.000000667. The minimum absolute atomic E-state index is 0. The Morgan fingerprint density at radius 2 is 1.19 bits per heavy atom. The first-order valence-corrected chi connectivity index (χ1v) is 12.4. The topological polar surface area (TPSA) is 61.4 Å². The molecule has 4 rings (SSSR count). The summed E-state index contributed by atoms with van der Waals surface area (Å²) in [4.78, 5) is 8.62. The van der Waals surface area contributed by atoms with E-state index in [-0.39, 0.29) is 136 Å². The summed E-state index contributed by atoms with van der Waals surface area (Å²) in [5.41, 5.74) is 7.03. The van der Waals surface area contributed by atoms with E-state index in [1.807, 2.05) is 65.3 Å². The van der Waals surface area contributed by atoms with E-state index < -0.39 is 12.9 Å². The maximum atomic E-state index is 5.97. The van der Waals surface area contributed by atoms with Crippen molar-refractivity contribution < 1.29 is 122 Å². The molecule has 0 aliphatic heterocycles. The summed E-state index contributed by atoms with van der Waals surface area (Å²) in [7, 11) is 30.1. The molecule has 2 heterocycles. The van der Waals surface area contributed by atoms with Crippen LogP contribution in [-0.4, -0.2) is 94.6 Å². The molecule has 14 radical (unpaired) electrons. The fraction of sp³-hybridized carbons (Fsp3) is 0.333. The fourth-order valence-electron chi connectivity index (χ4n) is 4.25. The van der Waals surface area contributed by atoms with Crippen LogP contribution in [0.25, 0.3) is 11.4 Å². The minimum atomic E-state index is -0.600. The summed E-state index contributed by atoms with van der Waals surface area (Å²) in [6.07, 6.45) is -0.600. The summed E-state index contributed by atoms with van der Waals surface area (Å²) < 4.78 is 3.65. The molecule has 4 aromatic rings. The second kappa shape index (κ2) is 22.1. The molecule has 0 atom stereocenters. The zero-order chi connectivity index (χ0) is 28.3. The largest absolute Gasteiger partial charge is 1.00 e. The van der Waals surface area contributed by atoms with Gasteiger partial charge in [0.1, 0.15) is 23.3 Å². The van der Waals surface area contributed by atoms with Crippen molar-refractivity contribution in [3.05, 3.63) is 70.3 Å². The normalized spacial score (nSPS) is 9.28. The molecule has 0 N–H and O–H groups in total. The van der Waals surface area contributed by atoms with Crippen molar-refractivity contribution in [2.45, 2.75) is 55.9 Å². The Labute approximate surface area is 360 Å². The first-order chi connectivity index (χ1) is 17.8. The number of hydrogen-bond donors (Lipinski definition) is 0. The van der Waals surface area contributed by atoms with Crippen molar-refractivity contribution in [3.63, 3.8) is 0 Å². The third-order valence-electron chi connectivity index (χ3n) is 6.28. The number of aromatic nitrogens is 6. The monoisotopic (exact) mass is 894 g/mol. The van der Waals surface area contributed by atoms with Gasteiger partial charge >= 0.3 is 0 Å². The molecule has 0 aliphatic rings. The van der Waals surface area contributed by atoms with Crippen molar-refractivity contribution >= 4 is 76.0 Å². The molecule has 0 spiro atoms. The Bertz CT molecular complexity index is 1440. The second-order valence-electron chi connectivity index (χ2n) is 9.51. The smallest absolute Gasteiger partial charge is 0.148 e. The minimum Gasteiger partial charge on any atom is -1.00 e. The van der Waals surface area contributed by atoms with Crippen LogP contribution in [0.4, 0.5) is 0 Å². The maximum absolute atomic E-state index is 5.97. The average Bonchev–Trinajstić information content (AvgIpc) is 3.38. The molecular weight excluding hydrogens is 863 g/mol. The van der Waals surface area contributed by atoms with E-state index in [0.717, 1.165) is 62.3 Å². The van der Waals surface area contributed by atoms with Crippen LogP contribution >= 0.6 is 0 Å². The molecule has 0 fully saturated rings. The van der Waals surface area contributed by atoms with Crippen LogP contribution in [0.1, 0.15) is 47.4 Å². The molecular formula is C24H29B9IN6Y3-2. The number of rotatable bonds is 6. The van der Waals surface area contributed by atoms with Gasteiger partial charge in [-0.2, -0.15) is 28.4 Å². The van der Waals surface area contributed by atoms with Gasteiger partial charge in [0.15, 0.2) is 0 Å². The van der Waals surface area contributed by atoms with Crippen LogP contribution in [0, 0.1) is 54.5 Å². The van der Waals surface area contributed by atoms with E-state index in [1.165, 1.54) is 7.06 Å². The van der Waals surface area contributed by atoms with Gasteiger partial charge < -0.3 is 24.0 Å². The maximum Gasteiger partial charge on any atom is 0.148 e. The summed E-state index contributed by atoms with van der Waals surface area (Å²) in [5.74, 6) is 3.22. The van der Waals surface area contributed by atoms with Crippen LogP contribution in [0.5, 0.6) is 0 Å². The first-order valence-electron chi connectivity index (χ1n) is 12.4. The van der Waals surface area contributed by atoms with Gasteiger partial charge in [0.25, 0.3) is 0 Å². The molecule has 2 aromatic carbocycles. The fourth-order valence-corrected chi connectivity index (χ4v) is 4.25. The van der Waals surface area contributed by atoms with Crippen molar-refractivity contribution in [2.24, 2.45) is 0 Å². The quantitative estimate of drug-likeness (QED) is 0.118. The molecule has 19 heteroatoms. The van der Waals surface area contributed by atoms with E-state index in [2.05, 4.69) is 38.4 Å². The first kappa shape index (κ1) is 48.7. The molecule has 6 nitrogen and oxygen atoms in total. The number of halogens is 1. The zero-order valence-corrected chi connectivity index (χ0v) is 36.0. The van der Waals surface area contributed by atoms with E-state index in [1.54, 1.807) is 4.68 Å². The number of aryl methyl sites for hydroxylation is 7. The van der Waals surface area contributed by atoms with E-state index in [0.29, 0.717) is 0 Å². The van der Waals surface area contributed by atoms with Crippen LogP contribution in [-0.2, 0) is 98.1 Å². The van der Waals surface area contributed by atoms with Crippen molar-refractivity contribution in [1.82, 2.24) is 29.5 Å². The molecule has 200 valence electrons.